The molecule has 3 heteroatoms. The highest BCUT2D eigenvalue weighted by atomic mass is 16.5. The van der Waals surface area contributed by atoms with Crippen molar-refractivity contribution in [3.8, 4) is 0 Å². The van der Waals surface area contributed by atoms with Gasteiger partial charge in [0, 0.05) is 18.7 Å². The van der Waals surface area contributed by atoms with Crippen LogP contribution in [0.15, 0.2) is 0 Å². The predicted molar refractivity (Wildman–Crippen MR) is 50.6 cm³/mol. The maximum atomic E-state index is 9.15. The predicted octanol–water partition coefficient (Wildman–Crippen LogP) is 0.667. The zero-order valence-corrected chi connectivity index (χ0v) is 8.42. The summed E-state index contributed by atoms with van der Waals surface area (Å²) in [6.07, 6.45) is 2.85. The third-order valence-electron chi connectivity index (χ3n) is 3.27. The highest BCUT2D eigenvalue weighted by molar-refractivity contribution is 4.95. The van der Waals surface area contributed by atoms with Crippen molar-refractivity contribution in [2.24, 2.45) is 0 Å². The molecule has 0 spiro atoms. The minimum absolute atomic E-state index is 0.0272. The number of nitrogens with one attached hydrogen (secondary N) is 1. The van der Waals surface area contributed by atoms with Crippen LogP contribution in [0, 0.1) is 0 Å². The van der Waals surface area contributed by atoms with Crippen molar-refractivity contribution in [1.82, 2.24) is 5.32 Å². The van der Waals surface area contributed by atoms with Crippen molar-refractivity contribution in [2.75, 3.05) is 6.61 Å². The molecule has 0 aromatic heterocycles. The van der Waals surface area contributed by atoms with E-state index in [1.165, 1.54) is 0 Å². The number of hydrogen-bond acceptors (Lipinski definition) is 3. The summed E-state index contributed by atoms with van der Waals surface area (Å²) in [5.74, 6) is 0. The fourth-order valence-electron chi connectivity index (χ4n) is 2.18. The lowest BCUT2D eigenvalue weighted by molar-refractivity contribution is 0.00530. The van der Waals surface area contributed by atoms with Gasteiger partial charge in [0.05, 0.1) is 11.7 Å². The van der Waals surface area contributed by atoms with Crippen molar-refractivity contribution < 1.29 is 9.84 Å². The quantitative estimate of drug-likeness (QED) is 0.664. The van der Waals surface area contributed by atoms with E-state index in [1.54, 1.807) is 0 Å². The van der Waals surface area contributed by atoms with E-state index in [0.29, 0.717) is 12.1 Å². The Morgan fingerprint density at radius 2 is 2.08 bits per heavy atom. The van der Waals surface area contributed by atoms with E-state index in [4.69, 9.17) is 9.84 Å². The first-order chi connectivity index (χ1) is 6.08. The van der Waals surface area contributed by atoms with Crippen LogP contribution in [0.5, 0.6) is 0 Å². The van der Waals surface area contributed by atoms with Crippen LogP contribution < -0.4 is 5.32 Å². The molecular weight excluding hydrogens is 166 g/mol. The number of aliphatic hydroxyl groups excluding tert-OH is 1. The summed E-state index contributed by atoms with van der Waals surface area (Å²) in [4.78, 5) is 0. The Bertz CT molecular complexity index is 187. The highest BCUT2D eigenvalue weighted by Gasteiger charge is 2.39. The van der Waals surface area contributed by atoms with E-state index >= 15 is 0 Å². The van der Waals surface area contributed by atoms with Crippen molar-refractivity contribution >= 4 is 0 Å². The Hall–Kier alpha value is -0.120. The minimum Gasteiger partial charge on any atom is -0.393 e. The lowest BCUT2D eigenvalue weighted by Gasteiger charge is -2.37. The second-order valence-corrected chi connectivity index (χ2v) is 4.78. The summed E-state index contributed by atoms with van der Waals surface area (Å²) >= 11 is 0. The third kappa shape index (κ3) is 1.87. The average Bonchev–Trinajstić information content (AvgIpc) is 2.28. The third-order valence-corrected chi connectivity index (χ3v) is 3.27. The van der Waals surface area contributed by atoms with Crippen LogP contribution in [-0.4, -0.2) is 35.5 Å². The molecule has 1 aliphatic carbocycles. The molecule has 2 rings (SSSR count). The van der Waals surface area contributed by atoms with Crippen molar-refractivity contribution in [1.29, 1.82) is 0 Å². The molecule has 3 nitrogen and oxygen atoms in total. The van der Waals surface area contributed by atoms with Crippen molar-refractivity contribution in [3.63, 3.8) is 0 Å². The van der Waals surface area contributed by atoms with Crippen LogP contribution in [0.25, 0.3) is 0 Å². The van der Waals surface area contributed by atoms with Gasteiger partial charge in [-0.25, -0.2) is 0 Å². The molecule has 0 radical (unpaired) electrons. The molecule has 0 amide bonds. The molecular formula is C10H19NO2. The van der Waals surface area contributed by atoms with Gasteiger partial charge in [-0.15, -0.1) is 0 Å². The second-order valence-electron chi connectivity index (χ2n) is 4.78. The largest absolute Gasteiger partial charge is 0.393 e. The van der Waals surface area contributed by atoms with Gasteiger partial charge in [0.1, 0.15) is 0 Å². The first-order valence-electron chi connectivity index (χ1n) is 5.16. The normalized spacial score (nSPS) is 43.2. The number of aliphatic hydroxyl groups is 1. The van der Waals surface area contributed by atoms with Gasteiger partial charge in [-0.1, -0.05) is 0 Å². The fourth-order valence-corrected chi connectivity index (χ4v) is 2.18. The SMILES string of the molecule is CC1(C)OCCC1NC1CC(O)C1. The highest BCUT2D eigenvalue weighted by Crippen LogP contribution is 2.28. The molecule has 1 aliphatic heterocycles. The van der Waals surface area contributed by atoms with Gasteiger partial charge in [0.25, 0.3) is 0 Å². The molecule has 1 saturated heterocycles. The lowest BCUT2D eigenvalue weighted by Crippen LogP contribution is -2.53. The van der Waals surface area contributed by atoms with E-state index in [9.17, 15) is 0 Å². The molecule has 1 saturated carbocycles. The molecule has 0 aromatic rings. The lowest BCUT2D eigenvalue weighted by atomic mass is 9.87. The Labute approximate surface area is 79.5 Å². The van der Waals surface area contributed by atoms with Crippen LogP contribution >= 0.6 is 0 Å². The minimum atomic E-state index is -0.0667. The molecule has 2 aliphatic rings. The van der Waals surface area contributed by atoms with Gasteiger partial charge >= 0.3 is 0 Å². The monoisotopic (exact) mass is 185 g/mol. The van der Waals surface area contributed by atoms with E-state index in [-0.39, 0.29) is 11.7 Å². The summed E-state index contributed by atoms with van der Waals surface area (Å²) in [6, 6.07) is 0.978. The van der Waals surface area contributed by atoms with Crippen LogP contribution in [0.2, 0.25) is 0 Å². The van der Waals surface area contributed by atoms with Crippen molar-refractivity contribution in [2.45, 2.75) is 56.9 Å². The molecule has 0 aromatic carbocycles. The summed E-state index contributed by atoms with van der Waals surface area (Å²) in [7, 11) is 0. The van der Waals surface area contributed by atoms with Gasteiger partial charge in [0.15, 0.2) is 0 Å². The van der Waals surface area contributed by atoms with Gasteiger partial charge in [0.2, 0.25) is 0 Å². The zero-order valence-electron chi connectivity index (χ0n) is 8.42. The van der Waals surface area contributed by atoms with Crippen LogP contribution in [0.3, 0.4) is 0 Å². The van der Waals surface area contributed by atoms with Crippen molar-refractivity contribution in [3.05, 3.63) is 0 Å². The van der Waals surface area contributed by atoms with Crippen LogP contribution in [-0.2, 0) is 4.74 Å². The zero-order chi connectivity index (χ0) is 9.47. The van der Waals surface area contributed by atoms with E-state index in [1.807, 2.05) is 0 Å². The molecule has 2 fully saturated rings. The maximum absolute atomic E-state index is 9.15. The molecule has 0 bridgehead atoms. The summed E-state index contributed by atoms with van der Waals surface area (Å²) in [5, 5.41) is 12.7. The standard InChI is InChI=1S/C10H19NO2/c1-10(2)9(3-4-13-10)11-7-5-8(12)6-7/h7-9,11-12H,3-6H2,1-2H3. The molecule has 1 atom stereocenters. The molecule has 2 N–H and O–H groups in total. The fraction of sp³-hybridized carbons (Fsp3) is 1.00. The second kappa shape index (κ2) is 3.23. The average molecular weight is 185 g/mol. The van der Waals surface area contributed by atoms with Gasteiger partial charge in [-0.3, -0.25) is 0 Å². The molecule has 13 heavy (non-hydrogen) atoms. The number of hydrogen-bond donors (Lipinski definition) is 2. The Morgan fingerprint density at radius 3 is 2.54 bits per heavy atom. The number of ether oxygens (including phenoxy) is 1. The molecule has 1 unspecified atom stereocenters. The Balaban J connectivity index is 1.81. The number of rotatable bonds is 2. The summed E-state index contributed by atoms with van der Waals surface area (Å²) in [6.45, 7) is 5.12. The summed E-state index contributed by atoms with van der Waals surface area (Å²) < 4.78 is 5.62. The van der Waals surface area contributed by atoms with Crippen LogP contribution in [0.1, 0.15) is 33.1 Å². The van der Waals surface area contributed by atoms with Crippen LogP contribution in [0.4, 0.5) is 0 Å². The van der Waals surface area contributed by atoms with E-state index in [2.05, 4.69) is 19.2 Å². The Morgan fingerprint density at radius 1 is 1.38 bits per heavy atom. The maximum Gasteiger partial charge on any atom is 0.0779 e. The van der Waals surface area contributed by atoms with Gasteiger partial charge in [-0.2, -0.15) is 0 Å². The first-order valence-corrected chi connectivity index (χ1v) is 5.16. The van der Waals surface area contributed by atoms with E-state index in [0.717, 1.165) is 25.9 Å². The smallest absolute Gasteiger partial charge is 0.0779 e. The molecule has 76 valence electrons. The topological polar surface area (TPSA) is 41.5 Å². The van der Waals surface area contributed by atoms with Gasteiger partial charge < -0.3 is 15.2 Å². The Kier molecular flexibility index (Phi) is 2.34. The van der Waals surface area contributed by atoms with Gasteiger partial charge in [-0.05, 0) is 33.1 Å². The van der Waals surface area contributed by atoms with E-state index < -0.39 is 0 Å². The summed E-state index contributed by atoms with van der Waals surface area (Å²) in [5.41, 5.74) is -0.0272. The molecule has 1 heterocycles. The first kappa shape index (κ1) is 9.44.